The monoisotopic (exact) mass is 536 g/mol. The van der Waals surface area contributed by atoms with Crippen molar-refractivity contribution in [3.8, 4) is 0 Å². The molecule has 1 aliphatic rings. The molecule has 2 aromatic rings. The number of aromatic nitrogens is 1. The fraction of sp³-hybridized carbons (Fsp3) is 0.522. The third kappa shape index (κ3) is 7.92. The summed E-state index contributed by atoms with van der Waals surface area (Å²) in [7, 11) is 0. The number of piperidine rings is 1. The van der Waals surface area contributed by atoms with Gasteiger partial charge in [0.25, 0.3) is 0 Å². The standard InChI is InChI=1S/C23H26F6N4O2S/c1-14(34)31-21-32-19(13-36-21)18(5-8-33-6-3-2-4-7-33)20(35)30-12-15-9-16(22(24,25)26)11-17(10-15)23(27,28)29/h9-11,13,18H,2-8,12H2,1H3,(H,30,35)(H,31,32,34). The molecular weight excluding hydrogens is 510 g/mol. The highest BCUT2D eigenvalue weighted by atomic mass is 32.1. The Morgan fingerprint density at radius 2 is 1.64 bits per heavy atom. The van der Waals surface area contributed by atoms with Gasteiger partial charge in [-0.25, -0.2) is 4.98 Å². The minimum atomic E-state index is -4.97. The number of likely N-dealkylation sites (tertiary alicyclic amines) is 1. The maximum Gasteiger partial charge on any atom is 0.416 e. The van der Waals surface area contributed by atoms with Crippen molar-refractivity contribution in [1.29, 1.82) is 0 Å². The summed E-state index contributed by atoms with van der Waals surface area (Å²) in [4.78, 5) is 30.9. The van der Waals surface area contributed by atoms with Gasteiger partial charge in [0.15, 0.2) is 5.13 Å². The number of carbonyl (C=O) groups is 2. The van der Waals surface area contributed by atoms with E-state index in [0.29, 0.717) is 35.9 Å². The van der Waals surface area contributed by atoms with E-state index in [1.54, 1.807) is 5.38 Å². The zero-order chi connectivity index (χ0) is 26.5. The summed E-state index contributed by atoms with van der Waals surface area (Å²) < 4.78 is 78.9. The highest BCUT2D eigenvalue weighted by Crippen LogP contribution is 2.36. The molecule has 3 rings (SSSR count). The Labute approximate surface area is 208 Å². The van der Waals surface area contributed by atoms with Crippen LogP contribution in [0.25, 0.3) is 0 Å². The van der Waals surface area contributed by atoms with Gasteiger partial charge in [-0.15, -0.1) is 11.3 Å². The quantitative estimate of drug-likeness (QED) is 0.443. The lowest BCUT2D eigenvalue weighted by Crippen LogP contribution is -2.35. The second-order valence-electron chi connectivity index (χ2n) is 8.63. The number of carbonyl (C=O) groups excluding carboxylic acids is 2. The van der Waals surface area contributed by atoms with E-state index in [1.165, 1.54) is 6.92 Å². The molecule has 1 aliphatic heterocycles. The maximum absolute atomic E-state index is 13.2. The average Bonchev–Trinajstić information content (AvgIpc) is 3.24. The second-order valence-corrected chi connectivity index (χ2v) is 9.49. The molecule has 1 atom stereocenters. The molecule has 0 saturated carbocycles. The fourth-order valence-electron chi connectivity index (χ4n) is 4.00. The molecule has 1 aromatic heterocycles. The average molecular weight is 537 g/mol. The minimum absolute atomic E-state index is 0.0472. The molecule has 1 aromatic carbocycles. The smallest absolute Gasteiger partial charge is 0.351 e. The molecule has 13 heteroatoms. The van der Waals surface area contributed by atoms with Crippen molar-refractivity contribution >= 4 is 28.3 Å². The SMILES string of the molecule is CC(=O)Nc1nc(C(CCN2CCCCC2)C(=O)NCc2cc(C(F)(F)F)cc(C(F)(F)F)c2)cs1. The van der Waals surface area contributed by atoms with Crippen molar-refractivity contribution in [1.82, 2.24) is 15.2 Å². The Kier molecular flexibility index (Phi) is 8.98. The van der Waals surface area contributed by atoms with E-state index >= 15 is 0 Å². The number of hydrogen-bond donors (Lipinski definition) is 2. The molecule has 0 bridgehead atoms. The van der Waals surface area contributed by atoms with Crippen LogP contribution in [-0.4, -0.2) is 41.3 Å². The lowest BCUT2D eigenvalue weighted by atomic mass is 9.99. The van der Waals surface area contributed by atoms with E-state index < -0.39 is 41.8 Å². The first-order valence-corrected chi connectivity index (χ1v) is 12.2. The molecule has 2 heterocycles. The maximum atomic E-state index is 13.2. The van der Waals surface area contributed by atoms with Gasteiger partial charge in [-0.05, 0) is 62.7 Å². The number of benzene rings is 1. The van der Waals surface area contributed by atoms with E-state index in [0.717, 1.165) is 43.7 Å². The van der Waals surface area contributed by atoms with Crippen LogP contribution in [-0.2, 0) is 28.5 Å². The van der Waals surface area contributed by atoms with Gasteiger partial charge in [-0.2, -0.15) is 26.3 Å². The lowest BCUT2D eigenvalue weighted by Gasteiger charge is -2.27. The fourth-order valence-corrected chi connectivity index (χ4v) is 4.81. The van der Waals surface area contributed by atoms with Crippen LogP contribution < -0.4 is 10.6 Å². The molecule has 6 nitrogen and oxygen atoms in total. The number of amides is 2. The van der Waals surface area contributed by atoms with Crippen LogP contribution in [0.15, 0.2) is 23.6 Å². The predicted molar refractivity (Wildman–Crippen MR) is 122 cm³/mol. The summed E-state index contributed by atoms with van der Waals surface area (Å²) in [6.45, 7) is 3.13. The molecule has 2 N–H and O–H groups in total. The Bertz CT molecular complexity index is 1030. The van der Waals surface area contributed by atoms with E-state index in [2.05, 4.69) is 20.5 Å². The van der Waals surface area contributed by atoms with Crippen molar-refractivity contribution in [2.24, 2.45) is 0 Å². The summed E-state index contributed by atoms with van der Waals surface area (Å²) in [5.41, 5.74) is -2.83. The lowest BCUT2D eigenvalue weighted by molar-refractivity contribution is -0.143. The number of rotatable bonds is 8. The molecule has 1 unspecified atom stereocenters. The summed E-state index contributed by atoms with van der Waals surface area (Å²) in [5.74, 6) is -1.70. The number of nitrogens with zero attached hydrogens (tertiary/aromatic N) is 2. The molecule has 2 amide bonds. The van der Waals surface area contributed by atoms with Crippen LogP contribution in [0, 0.1) is 0 Å². The zero-order valence-corrected chi connectivity index (χ0v) is 20.2. The Morgan fingerprint density at radius 1 is 1.03 bits per heavy atom. The van der Waals surface area contributed by atoms with Gasteiger partial charge in [0.05, 0.1) is 22.7 Å². The van der Waals surface area contributed by atoms with Crippen molar-refractivity contribution in [3.63, 3.8) is 0 Å². The van der Waals surface area contributed by atoms with E-state index in [-0.39, 0.29) is 17.5 Å². The molecule has 1 fully saturated rings. The summed E-state index contributed by atoms with van der Waals surface area (Å²) in [6.07, 6.45) is -6.39. The van der Waals surface area contributed by atoms with Gasteiger partial charge < -0.3 is 15.5 Å². The third-order valence-electron chi connectivity index (χ3n) is 5.78. The number of anilines is 1. The number of nitrogens with one attached hydrogen (secondary N) is 2. The Balaban J connectivity index is 1.78. The molecule has 0 aliphatic carbocycles. The number of hydrogen-bond acceptors (Lipinski definition) is 5. The second kappa shape index (κ2) is 11.6. The van der Waals surface area contributed by atoms with Gasteiger partial charge in [0, 0.05) is 18.8 Å². The molecule has 36 heavy (non-hydrogen) atoms. The van der Waals surface area contributed by atoms with Crippen molar-refractivity contribution < 1.29 is 35.9 Å². The summed E-state index contributed by atoms with van der Waals surface area (Å²) in [6, 6.07) is 1.23. The van der Waals surface area contributed by atoms with Gasteiger partial charge in [0.1, 0.15) is 0 Å². The summed E-state index contributed by atoms with van der Waals surface area (Å²) >= 11 is 1.12. The largest absolute Gasteiger partial charge is 0.416 e. The van der Waals surface area contributed by atoms with Crippen LogP contribution in [0.1, 0.15) is 60.9 Å². The number of alkyl halides is 6. The number of thiazole rings is 1. The highest BCUT2D eigenvalue weighted by Gasteiger charge is 2.37. The molecular formula is C23H26F6N4O2S. The van der Waals surface area contributed by atoms with Gasteiger partial charge >= 0.3 is 12.4 Å². The molecule has 0 radical (unpaired) electrons. The first kappa shape index (κ1) is 27.9. The Hall–Kier alpha value is -2.67. The van der Waals surface area contributed by atoms with Crippen LogP contribution in [0.3, 0.4) is 0 Å². The van der Waals surface area contributed by atoms with Gasteiger partial charge in [-0.3, -0.25) is 9.59 Å². The van der Waals surface area contributed by atoms with Gasteiger partial charge in [-0.1, -0.05) is 6.42 Å². The van der Waals surface area contributed by atoms with E-state index in [9.17, 15) is 35.9 Å². The normalized spacial score (nSPS) is 16.0. The Morgan fingerprint density at radius 3 is 2.19 bits per heavy atom. The summed E-state index contributed by atoms with van der Waals surface area (Å²) in [5, 5.41) is 6.92. The van der Waals surface area contributed by atoms with Crippen molar-refractivity contribution in [3.05, 3.63) is 46.0 Å². The van der Waals surface area contributed by atoms with Crippen molar-refractivity contribution in [2.75, 3.05) is 25.0 Å². The van der Waals surface area contributed by atoms with E-state index in [4.69, 9.17) is 0 Å². The first-order chi connectivity index (χ1) is 16.8. The molecule has 198 valence electrons. The predicted octanol–water partition coefficient (Wildman–Crippen LogP) is 5.42. The van der Waals surface area contributed by atoms with Crippen molar-refractivity contribution in [2.45, 2.75) is 57.4 Å². The van der Waals surface area contributed by atoms with Crippen LogP contribution >= 0.6 is 11.3 Å². The van der Waals surface area contributed by atoms with Crippen LogP contribution in [0.5, 0.6) is 0 Å². The highest BCUT2D eigenvalue weighted by molar-refractivity contribution is 7.13. The minimum Gasteiger partial charge on any atom is -0.351 e. The van der Waals surface area contributed by atoms with Crippen LogP contribution in [0.2, 0.25) is 0 Å². The van der Waals surface area contributed by atoms with Crippen LogP contribution in [0.4, 0.5) is 31.5 Å². The number of halogens is 6. The molecule has 1 saturated heterocycles. The van der Waals surface area contributed by atoms with E-state index in [1.807, 2.05) is 0 Å². The third-order valence-corrected chi connectivity index (χ3v) is 6.55. The zero-order valence-electron chi connectivity index (χ0n) is 19.4. The molecule has 0 spiro atoms. The first-order valence-electron chi connectivity index (χ1n) is 11.3. The topological polar surface area (TPSA) is 74.3 Å². The van der Waals surface area contributed by atoms with Gasteiger partial charge in [0.2, 0.25) is 11.8 Å².